The molecule has 1 saturated heterocycles. The molecular formula is C18H13BrN4O3S. The third kappa shape index (κ3) is 3.69. The summed E-state index contributed by atoms with van der Waals surface area (Å²) in [6, 6.07) is 12.1. The molecule has 0 aliphatic carbocycles. The quantitative estimate of drug-likeness (QED) is 0.587. The minimum absolute atomic E-state index is 0.220. The van der Waals surface area contributed by atoms with Gasteiger partial charge in [0.2, 0.25) is 11.8 Å². The Balaban J connectivity index is 1.51. The number of imide groups is 1. The van der Waals surface area contributed by atoms with Gasteiger partial charge in [0.1, 0.15) is 0 Å². The number of fused-ring (bicyclic) bond motifs is 1. The number of anilines is 3. The number of amides is 4. The van der Waals surface area contributed by atoms with Crippen molar-refractivity contribution in [2.24, 2.45) is 0 Å². The molecule has 0 atom stereocenters. The van der Waals surface area contributed by atoms with Gasteiger partial charge in [-0.25, -0.2) is 14.7 Å². The Labute approximate surface area is 166 Å². The van der Waals surface area contributed by atoms with Crippen LogP contribution in [0.1, 0.15) is 12.8 Å². The van der Waals surface area contributed by atoms with Gasteiger partial charge in [-0.1, -0.05) is 27.3 Å². The predicted octanol–water partition coefficient (Wildman–Crippen LogP) is 4.36. The van der Waals surface area contributed by atoms with Crippen LogP contribution in [0.4, 0.5) is 21.3 Å². The first kappa shape index (κ1) is 17.6. The molecule has 27 heavy (non-hydrogen) atoms. The summed E-state index contributed by atoms with van der Waals surface area (Å²) in [6.07, 6.45) is 0.440. The first-order valence-electron chi connectivity index (χ1n) is 8.09. The van der Waals surface area contributed by atoms with Crippen LogP contribution in [0.3, 0.4) is 0 Å². The smallest absolute Gasteiger partial charge is 0.308 e. The van der Waals surface area contributed by atoms with E-state index in [2.05, 4.69) is 31.5 Å². The molecule has 3 aromatic rings. The summed E-state index contributed by atoms with van der Waals surface area (Å²) in [7, 11) is 0. The molecule has 2 N–H and O–H groups in total. The van der Waals surface area contributed by atoms with E-state index >= 15 is 0 Å². The topological polar surface area (TPSA) is 91.4 Å². The van der Waals surface area contributed by atoms with Gasteiger partial charge >= 0.3 is 6.03 Å². The molecule has 0 radical (unpaired) electrons. The van der Waals surface area contributed by atoms with Gasteiger partial charge in [-0.3, -0.25) is 9.59 Å². The van der Waals surface area contributed by atoms with Gasteiger partial charge in [-0.05, 0) is 42.5 Å². The molecule has 1 aliphatic heterocycles. The minimum atomic E-state index is -0.369. The van der Waals surface area contributed by atoms with E-state index in [0.717, 1.165) is 14.1 Å². The Morgan fingerprint density at radius 1 is 1.00 bits per heavy atom. The van der Waals surface area contributed by atoms with Gasteiger partial charge in [-0.2, -0.15) is 0 Å². The zero-order chi connectivity index (χ0) is 19.0. The van der Waals surface area contributed by atoms with Crippen molar-refractivity contribution >= 4 is 71.8 Å². The number of thiazole rings is 1. The van der Waals surface area contributed by atoms with Crippen LogP contribution in [0.15, 0.2) is 46.9 Å². The molecule has 0 unspecified atom stereocenters. The molecule has 1 aromatic heterocycles. The first-order chi connectivity index (χ1) is 13.0. The van der Waals surface area contributed by atoms with Crippen LogP contribution in [0.5, 0.6) is 0 Å². The summed E-state index contributed by atoms with van der Waals surface area (Å²) in [5.41, 5.74) is 1.93. The number of nitrogens with one attached hydrogen (secondary N) is 2. The summed E-state index contributed by atoms with van der Waals surface area (Å²) >= 11 is 4.59. The maximum Gasteiger partial charge on any atom is 0.323 e. The van der Waals surface area contributed by atoms with Crippen molar-refractivity contribution in [3.8, 4) is 0 Å². The van der Waals surface area contributed by atoms with Crippen LogP contribution >= 0.6 is 27.3 Å². The zero-order valence-electron chi connectivity index (χ0n) is 13.9. The van der Waals surface area contributed by atoms with Gasteiger partial charge in [0.25, 0.3) is 0 Å². The van der Waals surface area contributed by atoms with Crippen molar-refractivity contribution < 1.29 is 14.4 Å². The number of carbonyl (C=O) groups excluding carboxylic acids is 3. The van der Waals surface area contributed by atoms with Gasteiger partial charge in [-0.15, -0.1) is 0 Å². The Morgan fingerprint density at radius 3 is 2.33 bits per heavy atom. The molecule has 2 heterocycles. The van der Waals surface area contributed by atoms with Crippen LogP contribution in [-0.2, 0) is 9.59 Å². The molecule has 1 aliphatic rings. The lowest BCUT2D eigenvalue weighted by Crippen LogP contribution is -2.28. The van der Waals surface area contributed by atoms with E-state index in [-0.39, 0.29) is 30.7 Å². The van der Waals surface area contributed by atoms with Crippen molar-refractivity contribution in [3.05, 3.63) is 46.9 Å². The molecule has 7 nitrogen and oxygen atoms in total. The Hall–Kier alpha value is -2.78. The summed E-state index contributed by atoms with van der Waals surface area (Å²) < 4.78 is 1.70. The van der Waals surface area contributed by atoms with E-state index in [0.29, 0.717) is 22.0 Å². The lowest BCUT2D eigenvalue weighted by atomic mass is 10.3. The standard InChI is InChI=1S/C18H13BrN4O3S/c19-10-1-3-11(4-2-10)20-17(26)21-12-5-6-13-14(9-12)27-18(22-13)23-15(24)7-8-16(23)25/h1-6,9H,7-8H2,(H2,20,21,26). The average Bonchev–Trinajstić information content (AvgIpc) is 3.19. The highest BCUT2D eigenvalue weighted by molar-refractivity contribution is 9.10. The maximum absolute atomic E-state index is 12.2. The lowest BCUT2D eigenvalue weighted by Gasteiger charge is -2.07. The number of hydrogen-bond acceptors (Lipinski definition) is 5. The predicted molar refractivity (Wildman–Crippen MR) is 108 cm³/mol. The van der Waals surface area contributed by atoms with Crippen LogP contribution in [-0.4, -0.2) is 22.8 Å². The normalized spacial score (nSPS) is 14.0. The third-order valence-electron chi connectivity index (χ3n) is 3.98. The Bertz CT molecular complexity index is 1050. The van der Waals surface area contributed by atoms with Gasteiger partial charge in [0.05, 0.1) is 10.2 Å². The van der Waals surface area contributed by atoms with Crippen LogP contribution in [0, 0.1) is 0 Å². The van der Waals surface area contributed by atoms with Crippen LogP contribution in [0.25, 0.3) is 10.2 Å². The number of halogens is 1. The lowest BCUT2D eigenvalue weighted by molar-refractivity contribution is -0.121. The first-order valence-corrected chi connectivity index (χ1v) is 9.70. The third-order valence-corrected chi connectivity index (χ3v) is 5.51. The van der Waals surface area contributed by atoms with E-state index < -0.39 is 0 Å². The SMILES string of the molecule is O=C(Nc1ccc(Br)cc1)Nc1ccc2nc(N3C(=O)CCC3=O)sc2c1. The molecule has 0 saturated carbocycles. The number of rotatable bonds is 3. The van der Waals surface area contributed by atoms with Crippen molar-refractivity contribution in [1.29, 1.82) is 0 Å². The van der Waals surface area contributed by atoms with Crippen LogP contribution in [0.2, 0.25) is 0 Å². The number of benzene rings is 2. The summed E-state index contributed by atoms with van der Waals surface area (Å²) in [5.74, 6) is -0.461. The van der Waals surface area contributed by atoms with E-state index in [1.807, 2.05) is 12.1 Å². The molecular weight excluding hydrogens is 432 g/mol. The minimum Gasteiger partial charge on any atom is -0.308 e. The maximum atomic E-state index is 12.2. The second-order valence-corrected chi connectivity index (χ2v) is 7.81. The molecule has 1 fully saturated rings. The molecule has 9 heteroatoms. The highest BCUT2D eigenvalue weighted by atomic mass is 79.9. The fraction of sp³-hybridized carbons (Fsp3) is 0.111. The monoisotopic (exact) mass is 444 g/mol. The molecule has 136 valence electrons. The fourth-order valence-electron chi connectivity index (χ4n) is 2.70. The van der Waals surface area contributed by atoms with Gasteiger partial charge in [0.15, 0.2) is 5.13 Å². The van der Waals surface area contributed by atoms with Crippen molar-refractivity contribution in [2.75, 3.05) is 15.5 Å². The molecule has 0 spiro atoms. The average molecular weight is 445 g/mol. The number of hydrogen-bond donors (Lipinski definition) is 2. The number of urea groups is 1. The summed E-state index contributed by atoms with van der Waals surface area (Å²) in [4.78, 5) is 41.4. The molecule has 4 rings (SSSR count). The fourth-order valence-corrected chi connectivity index (χ4v) is 4.01. The van der Waals surface area contributed by atoms with Crippen molar-refractivity contribution in [2.45, 2.75) is 12.8 Å². The van der Waals surface area contributed by atoms with E-state index in [4.69, 9.17) is 0 Å². The number of aromatic nitrogens is 1. The molecule has 2 aromatic carbocycles. The Kier molecular flexibility index (Phi) is 4.63. The highest BCUT2D eigenvalue weighted by Crippen LogP contribution is 2.33. The number of nitrogens with zero attached hydrogens (tertiary/aromatic N) is 2. The second-order valence-electron chi connectivity index (χ2n) is 5.89. The van der Waals surface area contributed by atoms with Crippen molar-refractivity contribution in [3.63, 3.8) is 0 Å². The zero-order valence-corrected chi connectivity index (χ0v) is 16.3. The summed E-state index contributed by atoms with van der Waals surface area (Å²) in [5, 5.41) is 5.88. The van der Waals surface area contributed by atoms with Crippen molar-refractivity contribution in [1.82, 2.24) is 4.98 Å². The second kappa shape index (κ2) is 7.09. The van der Waals surface area contributed by atoms with Crippen LogP contribution < -0.4 is 15.5 Å². The summed E-state index contributed by atoms with van der Waals surface area (Å²) in [6.45, 7) is 0. The van der Waals surface area contributed by atoms with Gasteiger partial charge in [0, 0.05) is 28.7 Å². The molecule has 4 amide bonds. The van der Waals surface area contributed by atoms with Gasteiger partial charge < -0.3 is 10.6 Å². The highest BCUT2D eigenvalue weighted by Gasteiger charge is 2.32. The number of carbonyl (C=O) groups is 3. The molecule has 0 bridgehead atoms. The van der Waals surface area contributed by atoms with E-state index in [1.54, 1.807) is 30.3 Å². The van der Waals surface area contributed by atoms with E-state index in [9.17, 15) is 14.4 Å². The van der Waals surface area contributed by atoms with E-state index in [1.165, 1.54) is 11.3 Å². The largest absolute Gasteiger partial charge is 0.323 e. The Morgan fingerprint density at radius 2 is 1.63 bits per heavy atom.